The van der Waals surface area contributed by atoms with Gasteiger partial charge in [0.15, 0.2) is 11.5 Å². The number of halogens is 1. The van der Waals surface area contributed by atoms with Crippen molar-refractivity contribution in [2.45, 2.75) is 74.7 Å². The zero-order chi connectivity index (χ0) is 27.1. The number of ether oxygens (including phenoxy) is 2. The fourth-order valence-corrected chi connectivity index (χ4v) is 9.47. The number of phenols is 1. The topological polar surface area (TPSA) is 79.3 Å². The summed E-state index contributed by atoms with van der Waals surface area (Å²) in [6, 6.07) is 5.56. The van der Waals surface area contributed by atoms with Gasteiger partial charge in [-0.3, -0.25) is 14.5 Å². The van der Waals surface area contributed by atoms with E-state index in [-0.39, 0.29) is 29.7 Å². The van der Waals surface area contributed by atoms with Crippen molar-refractivity contribution in [2.75, 3.05) is 20.1 Å². The van der Waals surface area contributed by atoms with Crippen LogP contribution in [0.1, 0.15) is 55.0 Å². The maximum Gasteiger partial charge on any atom is 0.303 e. The maximum absolute atomic E-state index is 13.5. The van der Waals surface area contributed by atoms with E-state index in [1.165, 1.54) is 19.8 Å². The summed E-state index contributed by atoms with van der Waals surface area (Å²) in [5.41, 5.74) is 0.782. The lowest BCUT2D eigenvalue weighted by atomic mass is 9.48. The van der Waals surface area contributed by atoms with Gasteiger partial charge in [-0.05, 0) is 90.7 Å². The second-order valence-electron chi connectivity index (χ2n) is 11.9. The summed E-state index contributed by atoms with van der Waals surface area (Å²) >= 11 is 5.04. The van der Waals surface area contributed by atoms with Crippen LogP contribution in [0.4, 0.5) is 0 Å². The summed E-state index contributed by atoms with van der Waals surface area (Å²) in [6.07, 6.45) is 8.40. The van der Waals surface area contributed by atoms with Crippen LogP contribution in [0.2, 0.25) is 0 Å². The lowest BCUT2D eigenvalue weighted by molar-refractivity contribution is -0.223. The maximum atomic E-state index is 13.5. The van der Waals surface area contributed by atoms with E-state index in [0.717, 1.165) is 52.3 Å². The SMILES string of the molecule is CC(=O)O[C@@]12CC[C@H](N(C)C(=O)/C=C/c3cc(Br)cs3)[C@@H]3Oc4c(O)ccc5c4[C@@]31CCN(CC1CC1)[C@@H]2C5. The van der Waals surface area contributed by atoms with Crippen molar-refractivity contribution in [3.05, 3.63) is 50.1 Å². The molecule has 2 bridgehead atoms. The molecule has 2 aromatic rings. The zero-order valence-electron chi connectivity index (χ0n) is 22.2. The smallest absolute Gasteiger partial charge is 0.303 e. The van der Waals surface area contributed by atoms with Crippen molar-refractivity contribution in [2.24, 2.45) is 5.92 Å². The highest BCUT2D eigenvalue weighted by atomic mass is 79.9. The normalized spacial score (nSPS) is 32.5. The highest BCUT2D eigenvalue weighted by Gasteiger charge is 2.75. The second kappa shape index (κ2) is 9.08. The van der Waals surface area contributed by atoms with E-state index in [0.29, 0.717) is 18.6 Å². The fourth-order valence-electron chi connectivity index (χ4n) is 8.14. The van der Waals surface area contributed by atoms with Gasteiger partial charge in [-0.25, -0.2) is 0 Å². The van der Waals surface area contributed by atoms with Crippen LogP contribution < -0.4 is 4.74 Å². The molecule has 5 atom stereocenters. The van der Waals surface area contributed by atoms with Gasteiger partial charge in [0.1, 0.15) is 11.7 Å². The molecule has 5 aliphatic rings. The predicted molar refractivity (Wildman–Crippen MR) is 152 cm³/mol. The van der Waals surface area contributed by atoms with Gasteiger partial charge in [-0.15, -0.1) is 11.3 Å². The molecule has 7 rings (SSSR count). The van der Waals surface area contributed by atoms with Crippen molar-refractivity contribution >= 4 is 45.2 Å². The van der Waals surface area contributed by atoms with Crippen molar-refractivity contribution in [1.82, 2.24) is 9.80 Å². The lowest BCUT2D eigenvalue weighted by Crippen LogP contribution is -2.79. The molecule has 1 aromatic heterocycles. The quantitative estimate of drug-likeness (QED) is 0.370. The Balaban J connectivity index is 1.31. The number of likely N-dealkylation sites (N-methyl/N-ethyl adjacent to an activating group) is 1. The Kier molecular flexibility index (Phi) is 5.96. The molecule has 0 unspecified atom stereocenters. The number of phenolic OH excluding ortho intramolecular Hbond substituents is 1. The minimum absolute atomic E-state index is 0.0453. The molecular weight excluding hydrogens is 580 g/mol. The number of piperidine rings is 1. The van der Waals surface area contributed by atoms with Crippen LogP contribution in [0, 0.1) is 5.92 Å². The number of thiophene rings is 1. The zero-order valence-corrected chi connectivity index (χ0v) is 24.6. The van der Waals surface area contributed by atoms with Crippen LogP contribution in [0.3, 0.4) is 0 Å². The number of rotatable bonds is 6. The van der Waals surface area contributed by atoms with E-state index in [9.17, 15) is 14.7 Å². The first kappa shape index (κ1) is 25.6. The summed E-state index contributed by atoms with van der Waals surface area (Å²) in [5, 5.41) is 13.0. The Bertz CT molecular complexity index is 1390. The number of carbonyl (C=O) groups excluding carboxylic acids is 2. The monoisotopic (exact) mass is 612 g/mol. The first-order valence-electron chi connectivity index (χ1n) is 13.9. The fraction of sp³-hybridized carbons (Fsp3) is 0.533. The van der Waals surface area contributed by atoms with Gasteiger partial charge >= 0.3 is 5.97 Å². The summed E-state index contributed by atoms with van der Waals surface area (Å²) < 4.78 is 14.2. The van der Waals surface area contributed by atoms with Gasteiger partial charge in [0.25, 0.3) is 0 Å². The van der Waals surface area contributed by atoms with Crippen molar-refractivity contribution < 1.29 is 24.2 Å². The summed E-state index contributed by atoms with van der Waals surface area (Å²) in [5.74, 6) is 0.968. The number of amides is 1. The molecule has 1 N–H and O–H groups in total. The molecule has 206 valence electrons. The molecule has 1 saturated heterocycles. The molecule has 2 saturated carbocycles. The molecule has 3 heterocycles. The van der Waals surface area contributed by atoms with Gasteiger partial charge in [-0.2, -0.15) is 0 Å². The molecular formula is C30H33BrN2O5S. The Labute approximate surface area is 240 Å². The Morgan fingerprint density at radius 3 is 2.85 bits per heavy atom. The minimum Gasteiger partial charge on any atom is -0.504 e. The first-order valence-corrected chi connectivity index (χ1v) is 15.6. The molecule has 3 aliphatic carbocycles. The molecule has 0 radical (unpaired) electrons. The van der Waals surface area contributed by atoms with Crippen LogP contribution in [-0.4, -0.2) is 70.7 Å². The van der Waals surface area contributed by atoms with E-state index < -0.39 is 17.1 Å². The van der Waals surface area contributed by atoms with Crippen LogP contribution in [0.25, 0.3) is 6.08 Å². The van der Waals surface area contributed by atoms with E-state index in [1.54, 1.807) is 28.4 Å². The number of benzene rings is 1. The average Bonchev–Trinajstić information content (AvgIpc) is 3.50. The molecule has 7 nitrogen and oxygen atoms in total. The van der Waals surface area contributed by atoms with Gasteiger partial charge in [0.2, 0.25) is 5.91 Å². The minimum atomic E-state index is -0.762. The Morgan fingerprint density at radius 1 is 1.31 bits per heavy atom. The van der Waals surface area contributed by atoms with Crippen molar-refractivity contribution in [3.8, 4) is 11.5 Å². The standard InChI is InChI=1S/C30H33BrN2O5S/c1-17(34)38-30-10-9-22(32(2)25(36)8-6-21-14-20(31)16-39-21)28-29(30)11-12-33(15-18-3-4-18)24(30)13-19-5-7-23(35)27(37-28)26(19)29/h5-8,14,16,18,22,24,28,35H,3-4,9-13,15H2,1-2H3/b8-6+/t22-,24+,28-,29-,30+/m0/s1. The third-order valence-corrected chi connectivity index (χ3v) is 11.5. The second-order valence-corrected chi connectivity index (χ2v) is 13.8. The number of esters is 1. The number of carbonyl (C=O) groups is 2. The summed E-state index contributed by atoms with van der Waals surface area (Å²) in [4.78, 5) is 31.6. The van der Waals surface area contributed by atoms with Crippen molar-refractivity contribution in [1.29, 1.82) is 0 Å². The van der Waals surface area contributed by atoms with Crippen LogP contribution >= 0.6 is 27.3 Å². The van der Waals surface area contributed by atoms with Crippen LogP contribution in [-0.2, 0) is 26.2 Å². The van der Waals surface area contributed by atoms with Crippen molar-refractivity contribution in [3.63, 3.8) is 0 Å². The van der Waals surface area contributed by atoms with Gasteiger partial charge in [0, 0.05) is 46.9 Å². The highest BCUT2D eigenvalue weighted by Crippen LogP contribution is 2.67. The third-order valence-electron chi connectivity index (χ3n) is 9.84. The summed E-state index contributed by atoms with van der Waals surface area (Å²) in [7, 11) is 1.84. The average molecular weight is 614 g/mol. The molecule has 1 spiro atoms. The number of likely N-dealkylation sites (tertiary alicyclic amines) is 1. The van der Waals surface area contributed by atoms with E-state index >= 15 is 0 Å². The number of hydrogen-bond acceptors (Lipinski definition) is 7. The van der Waals surface area contributed by atoms with Crippen LogP contribution in [0.5, 0.6) is 11.5 Å². The largest absolute Gasteiger partial charge is 0.504 e. The third kappa shape index (κ3) is 3.75. The Hall–Kier alpha value is -2.36. The molecule has 3 fully saturated rings. The molecule has 1 amide bonds. The molecule has 9 heteroatoms. The molecule has 1 aromatic carbocycles. The number of hydrogen-bond donors (Lipinski definition) is 1. The Morgan fingerprint density at radius 2 is 2.13 bits per heavy atom. The lowest BCUT2D eigenvalue weighted by Gasteiger charge is -2.65. The number of nitrogens with zero attached hydrogens (tertiary/aromatic N) is 2. The van der Waals surface area contributed by atoms with E-state index in [4.69, 9.17) is 9.47 Å². The first-order chi connectivity index (χ1) is 18.7. The predicted octanol–water partition coefficient (Wildman–Crippen LogP) is 4.89. The van der Waals surface area contributed by atoms with E-state index in [2.05, 4.69) is 20.8 Å². The van der Waals surface area contributed by atoms with Gasteiger partial charge in [0.05, 0.1) is 17.5 Å². The summed E-state index contributed by atoms with van der Waals surface area (Å²) in [6.45, 7) is 3.42. The van der Waals surface area contributed by atoms with Gasteiger partial charge < -0.3 is 19.5 Å². The highest BCUT2D eigenvalue weighted by molar-refractivity contribution is 9.10. The molecule has 39 heavy (non-hydrogen) atoms. The van der Waals surface area contributed by atoms with Crippen LogP contribution in [0.15, 0.2) is 34.1 Å². The van der Waals surface area contributed by atoms with Gasteiger partial charge in [-0.1, -0.05) is 6.07 Å². The number of aromatic hydroxyl groups is 1. The molecule has 2 aliphatic heterocycles. The van der Waals surface area contributed by atoms with E-state index in [1.807, 2.05) is 30.6 Å².